The average molecular weight is 612 g/mol. The van der Waals surface area contributed by atoms with Crippen molar-refractivity contribution in [2.45, 2.75) is 78.7 Å². The molecule has 0 aliphatic carbocycles. The zero-order valence-electron chi connectivity index (χ0n) is 25.5. The van der Waals surface area contributed by atoms with E-state index in [-0.39, 0.29) is 18.8 Å². The van der Waals surface area contributed by atoms with Gasteiger partial charge in [0.05, 0.1) is 23.7 Å². The van der Waals surface area contributed by atoms with Crippen LogP contribution in [0.3, 0.4) is 0 Å². The third-order valence-electron chi connectivity index (χ3n) is 6.79. The van der Waals surface area contributed by atoms with Crippen molar-refractivity contribution in [3.8, 4) is 5.75 Å². The van der Waals surface area contributed by atoms with Crippen LogP contribution >= 0.6 is 7.75 Å². The van der Waals surface area contributed by atoms with Gasteiger partial charge in [-0.3, -0.25) is 9.32 Å². The quantitative estimate of drug-likeness (QED) is 0.106. The van der Waals surface area contributed by atoms with Gasteiger partial charge in [-0.05, 0) is 58.7 Å². The van der Waals surface area contributed by atoms with E-state index in [1.807, 2.05) is 37.3 Å². The molecule has 3 atom stereocenters. The molecule has 2 heterocycles. The van der Waals surface area contributed by atoms with Gasteiger partial charge in [-0.2, -0.15) is 5.09 Å². The molecule has 0 saturated carbocycles. The number of carbonyl (C=O) groups is 1. The monoisotopic (exact) mass is 611 g/mol. The van der Waals surface area contributed by atoms with Crippen molar-refractivity contribution in [1.29, 1.82) is 0 Å². The minimum absolute atomic E-state index is 0.0694. The predicted octanol–water partition coefficient (Wildman–Crippen LogP) is 6.57. The maximum Gasteiger partial charge on any atom is 0.459 e. The molecule has 232 valence electrons. The van der Waals surface area contributed by atoms with Gasteiger partial charge in [0.15, 0.2) is 5.82 Å². The number of carbonyl (C=O) groups excluding carboxylic acids is 1. The Labute approximate surface area is 252 Å². The lowest BCUT2D eigenvalue weighted by Crippen LogP contribution is -2.36. The van der Waals surface area contributed by atoms with Crippen LogP contribution in [0.15, 0.2) is 54.6 Å². The predicted molar refractivity (Wildman–Crippen MR) is 168 cm³/mol. The fourth-order valence-electron chi connectivity index (χ4n) is 4.94. The number of aromatic nitrogens is 3. The van der Waals surface area contributed by atoms with E-state index in [4.69, 9.17) is 29.2 Å². The van der Waals surface area contributed by atoms with E-state index in [0.29, 0.717) is 36.7 Å². The first-order valence-corrected chi connectivity index (χ1v) is 16.3. The third-order valence-corrected chi connectivity index (χ3v) is 8.46. The Balaban J connectivity index is 1.65. The fourth-order valence-corrected chi connectivity index (χ4v) is 6.44. The van der Waals surface area contributed by atoms with Gasteiger partial charge in [-0.1, -0.05) is 49.7 Å². The number of benzene rings is 2. The van der Waals surface area contributed by atoms with E-state index in [9.17, 15) is 9.36 Å². The normalized spacial score (nSPS) is 14.6. The Morgan fingerprint density at radius 1 is 1.02 bits per heavy atom. The number of hydrogen-bond acceptors (Lipinski definition) is 9. The fraction of sp³-hybridized carbons (Fsp3) is 0.452. The summed E-state index contributed by atoms with van der Waals surface area (Å²) in [5, 5.41) is 3.69. The summed E-state index contributed by atoms with van der Waals surface area (Å²) in [4.78, 5) is 22.0. The largest absolute Gasteiger partial charge is 0.462 e. The maximum atomic E-state index is 14.0. The number of para-hydroxylation sites is 2. The summed E-state index contributed by atoms with van der Waals surface area (Å²) in [6, 6.07) is 15.5. The number of hydrogen-bond donors (Lipinski definition) is 2. The number of imidazole rings is 1. The van der Waals surface area contributed by atoms with Crippen LogP contribution in [0.2, 0.25) is 0 Å². The number of nitrogens with zero attached hydrogens (tertiary/aromatic N) is 3. The Hall–Kier alpha value is -3.50. The highest BCUT2D eigenvalue weighted by atomic mass is 31.2. The molecule has 2 aromatic carbocycles. The summed E-state index contributed by atoms with van der Waals surface area (Å²) in [7, 11) is -4.00. The van der Waals surface area contributed by atoms with Gasteiger partial charge in [0, 0.05) is 18.0 Å². The van der Waals surface area contributed by atoms with E-state index in [0.717, 1.165) is 35.1 Å². The molecule has 0 aliphatic rings. The molecule has 2 aromatic heterocycles. The zero-order valence-corrected chi connectivity index (χ0v) is 26.4. The molecular weight excluding hydrogens is 569 g/mol. The standard InChI is InChI=1S/C31H42N5O6P/c1-6-13-23(36-27(20-39-7-2)34-28-29(36)25-16-11-12-17-26(25)33-30(28)32)18-19-40-43(38,42-24-14-9-8-10-15-24)35-22(5)31(37)41-21(3)4/h8-12,14-17,21-23H,6-7,13,18-20H2,1-5H3,(H2,32,33)(H,35,38)/t22-,23-,43+/m0/s1. The van der Waals surface area contributed by atoms with Gasteiger partial charge < -0.3 is 24.3 Å². The summed E-state index contributed by atoms with van der Waals surface area (Å²) in [6.45, 7) is 10.0. The first-order valence-electron chi connectivity index (χ1n) is 14.8. The van der Waals surface area contributed by atoms with E-state index in [1.54, 1.807) is 45.0 Å². The number of fused-ring (bicyclic) bond motifs is 3. The maximum absolute atomic E-state index is 14.0. The minimum Gasteiger partial charge on any atom is -0.462 e. The number of nitrogens with one attached hydrogen (secondary N) is 1. The Morgan fingerprint density at radius 3 is 2.44 bits per heavy atom. The molecule has 3 N–H and O–H groups in total. The average Bonchev–Trinajstić information content (AvgIpc) is 3.36. The van der Waals surface area contributed by atoms with E-state index in [2.05, 4.69) is 21.6 Å². The van der Waals surface area contributed by atoms with Crippen LogP contribution < -0.4 is 15.3 Å². The summed E-state index contributed by atoms with van der Waals surface area (Å²) < 4.78 is 39.1. The third kappa shape index (κ3) is 8.12. The van der Waals surface area contributed by atoms with Gasteiger partial charge in [0.1, 0.15) is 29.7 Å². The second kappa shape index (κ2) is 14.8. The molecule has 0 amide bonds. The van der Waals surface area contributed by atoms with E-state index < -0.39 is 19.8 Å². The second-order valence-electron chi connectivity index (χ2n) is 10.5. The molecule has 0 unspecified atom stereocenters. The van der Waals surface area contributed by atoms with Gasteiger partial charge in [0.25, 0.3) is 0 Å². The molecule has 0 spiro atoms. The molecule has 0 saturated heterocycles. The number of pyridine rings is 1. The lowest BCUT2D eigenvalue weighted by atomic mass is 10.1. The topological polar surface area (TPSA) is 140 Å². The highest BCUT2D eigenvalue weighted by Gasteiger charge is 2.33. The molecule has 0 fully saturated rings. The number of ether oxygens (including phenoxy) is 2. The Bertz CT molecular complexity index is 1560. The molecule has 43 heavy (non-hydrogen) atoms. The first-order chi connectivity index (χ1) is 20.7. The molecular formula is C31H42N5O6P. The lowest BCUT2D eigenvalue weighted by Gasteiger charge is -2.25. The Morgan fingerprint density at radius 2 is 1.74 bits per heavy atom. The van der Waals surface area contributed by atoms with Crippen LogP contribution in [0, 0.1) is 0 Å². The number of anilines is 1. The van der Waals surface area contributed by atoms with Crippen molar-refractivity contribution in [2.24, 2.45) is 0 Å². The second-order valence-corrected chi connectivity index (χ2v) is 12.2. The molecule has 0 bridgehead atoms. The smallest absolute Gasteiger partial charge is 0.459 e. The highest BCUT2D eigenvalue weighted by Crippen LogP contribution is 2.45. The molecule has 0 radical (unpaired) electrons. The van der Waals surface area contributed by atoms with E-state index in [1.165, 1.54) is 0 Å². The van der Waals surface area contributed by atoms with Crippen molar-refractivity contribution in [3.05, 3.63) is 60.4 Å². The summed E-state index contributed by atoms with van der Waals surface area (Å²) >= 11 is 0. The molecule has 0 aliphatic heterocycles. The lowest BCUT2D eigenvalue weighted by molar-refractivity contribution is -0.149. The van der Waals surface area contributed by atoms with E-state index >= 15 is 0 Å². The van der Waals surface area contributed by atoms with Gasteiger partial charge >= 0.3 is 13.7 Å². The van der Waals surface area contributed by atoms with Crippen molar-refractivity contribution >= 4 is 41.5 Å². The molecule has 11 nitrogen and oxygen atoms in total. The van der Waals surface area contributed by atoms with Crippen molar-refractivity contribution in [2.75, 3.05) is 18.9 Å². The van der Waals surface area contributed by atoms with Crippen molar-refractivity contribution in [1.82, 2.24) is 19.6 Å². The minimum atomic E-state index is -4.00. The van der Waals surface area contributed by atoms with Crippen LogP contribution in [0.1, 0.15) is 65.7 Å². The number of nitrogen functional groups attached to an aromatic ring is 1. The summed E-state index contributed by atoms with van der Waals surface area (Å²) in [5.74, 6) is 0.876. The molecule has 12 heteroatoms. The summed E-state index contributed by atoms with van der Waals surface area (Å²) in [5.41, 5.74) is 8.66. The number of rotatable bonds is 16. The van der Waals surface area contributed by atoms with Crippen molar-refractivity contribution in [3.63, 3.8) is 0 Å². The number of esters is 1. The van der Waals surface area contributed by atoms with Gasteiger partial charge in [-0.15, -0.1) is 0 Å². The van der Waals surface area contributed by atoms with Crippen LogP contribution in [-0.2, 0) is 30.0 Å². The van der Waals surface area contributed by atoms with Crippen molar-refractivity contribution < 1.29 is 27.9 Å². The van der Waals surface area contributed by atoms with Crippen LogP contribution in [0.25, 0.3) is 21.9 Å². The van der Waals surface area contributed by atoms with Crippen LogP contribution in [-0.4, -0.2) is 45.9 Å². The summed E-state index contributed by atoms with van der Waals surface area (Å²) in [6.07, 6.45) is 1.83. The Kier molecular flexibility index (Phi) is 11.2. The van der Waals surface area contributed by atoms with Crippen LogP contribution in [0.5, 0.6) is 5.75 Å². The zero-order chi connectivity index (χ0) is 31.0. The van der Waals surface area contributed by atoms with Crippen LogP contribution in [0.4, 0.5) is 5.82 Å². The first kappa shape index (κ1) is 32.4. The van der Waals surface area contributed by atoms with Gasteiger partial charge in [0.2, 0.25) is 0 Å². The SMILES string of the molecule is CCC[C@@H](CCO[P@](=O)(N[C@@H](C)C(=O)OC(C)C)Oc1ccccc1)n1c(COCC)nc2c(N)nc3ccccc3c21. The number of nitrogens with two attached hydrogens (primary N) is 1. The van der Waals surface area contributed by atoms with Gasteiger partial charge in [-0.25, -0.2) is 14.5 Å². The highest BCUT2D eigenvalue weighted by molar-refractivity contribution is 7.52. The molecule has 4 aromatic rings. The molecule has 4 rings (SSSR count).